The number of nitrogens with zero attached hydrogens (tertiary/aromatic N) is 3. The van der Waals surface area contributed by atoms with Crippen molar-refractivity contribution in [3.8, 4) is 5.88 Å². The molecule has 3 aromatic rings. The number of likely N-dealkylation sites (tertiary alicyclic amines) is 1. The summed E-state index contributed by atoms with van der Waals surface area (Å²) in [7, 11) is 2.14. The molecule has 0 spiro atoms. The molecule has 194 valence electrons. The lowest BCUT2D eigenvalue weighted by atomic mass is 9.93. The van der Waals surface area contributed by atoms with Gasteiger partial charge in [0.15, 0.2) is 11.6 Å². The van der Waals surface area contributed by atoms with Gasteiger partial charge in [-0.15, -0.1) is 0 Å². The van der Waals surface area contributed by atoms with Crippen molar-refractivity contribution >= 4 is 11.4 Å². The van der Waals surface area contributed by atoms with E-state index in [-0.39, 0.29) is 17.8 Å². The zero-order chi connectivity index (χ0) is 26.1. The van der Waals surface area contributed by atoms with Crippen molar-refractivity contribution in [1.29, 1.82) is 0 Å². The van der Waals surface area contributed by atoms with E-state index in [2.05, 4.69) is 29.3 Å². The lowest BCUT2D eigenvalue weighted by Crippen LogP contribution is -2.46. The minimum absolute atomic E-state index is 0.0379. The van der Waals surface area contributed by atoms with E-state index in [9.17, 15) is 18.0 Å². The normalized spacial score (nSPS) is 19.4. The third-order valence-electron chi connectivity index (χ3n) is 7.18. The van der Waals surface area contributed by atoms with Crippen LogP contribution in [0.1, 0.15) is 66.7 Å². The Morgan fingerprint density at radius 1 is 1.19 bits per heavy atom. The number of carbonyl (C=O) groups excluding carboxylic acids is 1. The van der Waals surface area contributed by atoms with Crippen molar-refractivity contribution < 1.29 is 22.7 Å². The Morgan fingerprint density at radius 3 is 2.67 bits per heavy atom. The summed E-state index contributed by atoms with van der Waals surface area (Å²) in [6, 6.07) is 5.96. The van der Waals surface area contributed by atoms with Crippen LogP contribution in [0, 0.1) is 31.3 Å². The van der Waals surface area contributed by atoms with Gasteiger partial charge in [0.05, 0.1) is 22.3 Å². The predicted octanol–water partition coefficient (Wildman–Crippen LogP) is 5.33. The average molecular weight is 503 g/mol. The van der Waals surface area contributed by atoms with Gasteiger partial charge in [0.1, 0.15) is 12.4 Å². The van der Waals surface area contributed by atoms with Crippen LogP contribution in [-0.4, -0.2) is 45.6 Å². The zero-order valence-corrected chi connectivity index (χ0v) is 21.4. The minimum Gasteiger partial charge on any atom is -0.473 e. The van der Waals surface area contributed by atoms with E-state index < -0.39 is 29.6 Å². The maximum absolute atomic E-state index is 14.1. The number of piperidine rings is 1. The van der Waals surface area contributed by atoms with Crippen LogP contribution in [0.15, 0.2) is 24.3 Å². The van der Waals surface area contributed by atoms with E-state index in [1.807, 2.05) is 19.9 Å². The first kappa shape index (κ1) is 26.0. The van der Waals surface area contributed by atoms with Gasteiger partial charge in [-0.2, -0.15) is 9.61 Å². The molecule has 1 amide bonds. The summed E-state index contributed by atoms with van der Waals surface area (Å²) >= 11 is 0. The molecule has 4 rings (SSSR count). The van der Waals surface area contributed by atoms with Crippen molar-refractivity contribution in [1.82, 2.24) is 19.8 Å². The smallest absolute Gasteiger partial charge is 0.255 e. The second-order valence-electron chi connectivity index (χ2n) is 9.95. The summed E-state index contributed by atoms with van der Waals surface area (Å²) in [5.74, 6) is -3.38. The molecule has 3 heterocycles. The average Bonchev–Trinajstić information content (AvgIpc) is 3.15. The van der Waals surface area contributed by atoms with Crippen LogP contribution in [-0.2, 0) is 6.61 Å². The number of halogens is 3. The van der Waals surface area contributed by atoms with Crippen molar-refractivity contribution in [2.45, 2.75) is 78.1 Å². The largest absolute Gasteiger partial charge is 0.473 e. The van der Waals surface area contributed by atoms with Gasteiger partial charge in [-0.05, 0) is 77.8 Å². The number of nitrogens with one attached hydrogen (secondary N) is 1. The quantitative estimate of drug-likeness (QED) is 0.444. The van der Waals surface area contributed by atoms with Crippen LogP contribution in [0.4, 0.5) is 13.2 Å². The number of hydrogen-bond acceptors (Lipinski definition) is 4. The highest BCUT2D eigenvalue weighted by molar-refractivity contribution is 6.02. The van der Waals surface area contributed by atoms with E-state index >= 15 is 0 Å². The topological polar surface area (TPSA) is 58.9 Å². The molecule has 0 aliphatic carbocycles. The third-order valence-corrected chi connectivity index (χ3v) is 7.18. The van der Waals surface area contributed by atoms with Crippen LogP contribution in [0.5, 0.6) is 5.88 Å². The highest BCUT2D eigenvalue weighted by Crippen LogP contribution is 2.27. The molecule has 0 bridgehead atoms. The number of fused-ring (bicyclic) bond motifs is 1. The number of hydrogen-bond donors (Lipinski definition) is 1. The first-order valence-electron chi connectivity index (χ1n) is 12.3. The number of aromatic nitrogens is 2. The predicted molar refractivity (Wildman–Crippen MR) is 132 cm³/mol. The lowest BCUT2D eigenvalue weighted by Gasteiger charge is -2.39. The standard InChI is InChI=1S/C27H33F3N4O2/c1-15-11-23-25(27(35)31-16(2)13-19-8-6-7-17(3)33(19)5)18(4)32-34(23)24(12-15)36-14-20-21(28)9-10-22(29)26(20)30/h9-12,16-17,19H,6-8,13-14H2,1-5H3,(H,31,35). The zero-order valence-electron chi connectivity index (χ0n) is 21.4. The van der Waals surface area contributed by atoms with Crippen LogP contribution in [0.3, 0.4) is 0 Å². The van der Waals surface area contributed by atoms with Crippen molar-refractivity contribution in [2.75, 3.05) is 7.05 Å². The third kappa shape index (κ3) is 5.21. The van der Waals surface area contributed by atoms with Crippen molar-refractivity contribution in [3.63, 3.8) is 0 Å². The Balaban J connectivity index is 1.55. The Morgan fingerprint density at radius 2 is 1.92 bits per heavy atom. The van der Waals surface area contributed by atoms with Gasteiger partial charge in [0.25, 0.3) is 5.91 Å². The molecule has 6 nitrogen and oxygen atoms in total. The number of amides is 1. The fourth-order valence-corrected chi connectivity index (χ4v) is 5.05. The number of rotatable bonds is 7. The van der Waals surface area contributed by atoms with Gasteiger partial charge < -0.3 is 15.0 Å². The highest BCUT2D eigenvalue weighted by atomic mass is 19.2. The molecule has 9 heteroatoms. The Labute approximate surface area is 209 Å². The lowest BCUT2D eigenvalue weighted by molar-refractivity contribution is 0.0895. The molecule has 2 aromatic heterocycles. The number of pyridine rings is 1. The molecule has 1 saturated heterocycles. The first-order chi connectivity index (χ1) is 17.1. The number of carbonyl (C=O) groups is 1. The van der Waals surface area contributed by atoms with E-state index in [0.717, 1.165) is 30.5 Å². The Kier molecular flexibility index (Phi) is 7.59. The molecule has 3 unspecified atom stereocenters. The molecular weight excluding hydrogens is 469 g/mol. The van der Waals surface area contributed by atoms with Crippen molar-refractivity contribution in [2.24, 2.45) is 0 Å². The van der Waals surface area contributed by atoms with Gasteiger partial charge in [-0.3, -0.25) is 4.79 Å². The molecule has 3 atom stereocenters. The van der Waals surface area contributed by atoms with E-state index in [1.165, 1.54) is 17.4 Å². The number of ether oxygens (including phenoxy) is 1. The molecule has 1 fully saturated rings. The fraction of sp³-hybridized carbons (Fsp3) is 0.481. The van der Waals surface area contributed by atoms with Crippen LogP contribution in [0.2, 0.25) is 0 Å². The Bertz CT molecular complexity index is 1280. The second kappa shape index (κ2) is 10.5. The monoisotopic (exact) mass is 502 g/mol. The summed E-state index contributed by atoms with van der Waals surface area (Å²) in [5.41, 5.74) is 1.71. The molecule has 0 saturated carbocycles. The maximum Gasteiger partial charge on any atom is 0.255 e. The van der Waals surface area contributed by atoms with Crippen LogP contribution in [0.25, 0.3) is 5.52 Å². The highest BCUT2D eigenvalue weighted by Gasteiger charge is 2.27. The van der Waals surface area contributed by atoms with E-state index in [1.54, 1.807) is 13.0 Å². The Hall–Kier alpha value is -3.07. The molecule has 36 heavy (non-hydrogen) atoms. The van der Waals surface area contributed by atoms with Crippen LogP contribution < -0.4 is 10.1 Å². The maximum atomic E-state index is 14.1. The van der Waals surface area contributed by atoms with E-state index in [0.29, 0.717) is 28.9 Å². The van der Waals surface area contributed by atoms with Gasteiger partial charge in [0.2, 0.25) is 5.88 Å². The molecular formula is C27H33F3N4O2. The minimum atomic E-state index is -1.29. The number of benzene rings is 1. The summed E-state index contributed by atoms with van der Waals surface area (Å²) < 4.78 is 48.9. The summed E-state index contributed by atoms with van der Waals surface area (Å²) in [5, 5.41) is 7.57. The summed E-state index contributed by atoms with van der Waals surface area (Å²) in [6.07, 6.45) is 4.35. The van der Waals surface area contributed by atoms with Gasteiger partial charge in [-0.25, -0.2) is 13.2 Å². The fourth-order valence-electron chi connectivity index (χ4n) is 5.05. The van der Waals surface area contributed by atoms with Crippen molar-refractivity contribution in [3.05, 3.63) is 64.1 Å². The molecule has 1 aliphatic heterocycles. The number of aryl methyl sites for hydroxylation is 2. The molecule has 1 aliphatic rings. The van der Waals surface area contributed by atoms with Gasteiger partial charge in [0, 0.05) is 24.2 Å². The molecule has 1 N–H and O–H groups in total. The summed E-state index contributed by atoms with van der Waals surface area (Å²) in [6.45, 7) is 7.26. The van der Waals surface area contributed by atoms with E-state index in [4.69, 9.17) is 4.74 Å². The van der Waals surface area contributed by atoms with Gasteiger partial charge >= 0.3 is 0 Å². The molecule has 0 radical (unpaired) electrons. The SMILES string of the molecule is Cc1cc(OCc2c(F)ccc(F)c2F)n2nc(C)c(C(=O)NC(C)CC3CCCC(C)N3C)c2c1. The van der Waals surface area contributed by atoms with Crippen LogP contribution >= 0.6 is 0 Å². The first-order valence-corrected chi connectivity index (χ1v) is 12.3. The summed E-state index contributed by atoms with van der Waals surface area (Å²) in [4.78, 5) is 15.7. The van der Waals surface area contributed by atoms with Gasteiger partial charge in [-0.1, -0.05) is 6.42 Å². The molecule has 1 aromatic carbocycles. The second-order valence-corrected chi connectivity index (χ2v) is 9.95.